The fraction of sp³-hybridized carbons (Fsp3) is 0.444. The standard InChI is InChI=1S/C18H22N2O6S/c1-3-27-18(26)12-6-7-20(12)17(25)10(2)19-16(24)15(23)9-11-4-5-13(21)14(22)8-11/h4-5,8,12,15,21-23H,3,6-7,9H2,1-2H3/b19-10+. The minimum absolute atomic E-state index is 0.0802. The quantitative estimate of drug-likeness (QED) is 0.482. The van der Waals surface area contributed by atoms with Gasteiger partial charge in [-0.05, 0) is 36.8 Å². The van der Waals surface area contributed by atoms with Crippen LogP contribution in [0.5, 0.6) is 11.5 Å². The number of aliphatic hydroxyl groups excluding tert-OH is 1. The molecule has 2 amide bonds. The van der Waals surface area contributed by atoms with Crippen LogP contribution < -0.4 is 0 Å². The molecule has 0 aromatic heterocycles. The predicted molar refractivity (Wildman–Crippen MR) is 101 cm³/mol. The van der Waals surface area contributed by atoms with Crippen LogP contribution in [0.1, 0.15) is 25.8 Å². The Morgan fingerprint density at radius 3 is 2.56 bits per heavy atom. The molecule has 1 aliphatic rings. The van der Waals surface area contributed by atoms with E-state index in [1.165, 1.54) is 30.0 Å². The number of aromatic hydroxyl groups is 2. The highest BCUT2D eigenvalue weighted by Gasteiger charge is 2.38. The molecular weight excluding hydrogens is 372 g/mol. The number of carbonyl (C=O) groups excluding carboxylic acids is 3. The zero-order chi connectivity index (χ0) is 20.1. The molecule has 0 aliphatic carbocycles. The number of likely N-dealkylation sites (tertiary alicyclic amines) is 1. The molecule has 146 valence electrons. The van der Waals surface area contributed by atoms with Gasteiger partial charge in [0.2, 0.25) is 5.12 Å². The number of aliphatic imine (C=N–C) groups is 1. The smallest absolute Gasteiger partial charge is 0.275 e. The lowest BCUT2D eigenvalue weighted by molar-refractivity contribution is -0.137. The van der Waals surface area contributed by atoms with Crippen LogP contribution in [0.3, 0.4) is 0 Å². The van der Waals surface area contributed by atoms with Gasteiger partial charge >= 0.3 is 0 Å². The Kier molecular flexibility index (Phi) is 6.98. The van der Waals surface area contributed by atoms with E-state index in [1.54, 1.807) is 0 Å². The number of phenolic OH excluding ortho intramolecular Hbond substituents is 2. The first-order chi connectivity index (χ1) is 12.7. The first-order valence-corrected chi connectivity index (χ1v) is 9.48. The molecule has 1 saturated heterocycles. The van der Waals surface area contributed by atoms with E-state index in [1.807, 2.05) is 6.92 Å². The molecule has 2 atom stereocenters. The van der Waals surface area contributed by atoms with Gasteiger partial charge in [0.25, 0.3) is 11.8 Å². The van der Waals surface area contributed by atoms with Crippen molar-refractivity contribution < 1.29 is 29.7 Å². The molecule has 9 heteroatoms. The topological polar surface area (TPSA) is 128 Å². The van der Waals surface area contributed by atoms with E-state index in [0.717, 1.165) is 11.8 Å². The fourth-order valence-corrected chi connectivity index (χ4v) is 3.34. The van der Waals surface area contributed by atoms with E-state index < -0.39 is 24.0 Å². The molecular formula is C18H22N2O6S. The van der Waals surface area contributed by atoms with Crippen molar-refractivity contribution in [2.45, 2.75) is 38.8 Å². The first-order valence-electron chi connectivity index (χ1n) is 8.50. The summed E-state index contributed by atoms with van der Waals surface area (Å²) in [5, 5.41) is 28.6. The minimum atomic E-state index is -1.50. The van der Waals surface area contributed by atoms with E-state index in [0.29, 0.717) is 24.3 Å². The predicted octanol–water partition coefficient (Wildman–Crippen LogP) is 0.869. The van der Waals surface area contributed by atoms with Crippen LogP contribution in [-0.2, 0) is 20.8 Å². The van der Waals surface area contributed by atoms with Crippen molar-refractivity contribution in [1.82, 2.24) is 4.90 Å². The second-order valence-electron chi connectivity index (χ2n) is 6.13. The van der Waals surface area contributed by atoms with Crippen LogP contribution in [0.2, 0.25) is 0 Å². The first kappa shape index (κ1) is 20.9. The van der Waals surface area contributed by atoms with Gasteiger partial charge in [0.1, 0.15) is 17.9 Å². The van der Waals surface area contributed by atoms with Crippen molar-refractivity contribution in [2.75, 3.05) is 12.3 Å². The maximum Gasteiger partial charge on any atom is 0.275 e. The van der Waals surface area contributed by atoms with Gasteiger partial charge in [-0.15, -0.1) is 0 Å². The average Bonchev–Trinajstić information content (AvgIpc) is 2.57. The lowest BCUT2D eigenvalue weighted by Crippen LogP contribution is -2.56. The molecule has 3 N–H and O–H groups in total. The zero-order valence-corrected chi connectivity index (χ0v) is 15.9. The molecule has 2 unspecified atom stereocenters. The minimum Gasteiger partial charge on any atom is -0.504 e. The normalized spacial score (nSPS) is 18.0. The molecule has 0 spiro atoms. The molecule has 1 aliphatic heterocycles. The Morgan fingerprint density at radius 1 is 1.30 bits per heavy atom. The largest absolute Gasteiger partial charge is 0.504 e. The summed E-state index contributed by atoms with van der Waals surface area (Å²) in [5.74, 6) is -1.43. The number of aliphatic hydroxyl groups is 1. The van der Waals surface area contributed by atoms with Crippen LogP contribution in [0, 0.1) is 0 Å². The average molecular weight is 394 g/mol. The Morgan fingerprint density at radius 2 is 2.00 bits per heavy atom. The van der Waals surface area contributed by atoms with E-state index in [-0.39, 0.29) is 28.7 Å². The second-order valence-corrected chi connectivity index (χ2v) is 7.40. The number of hydrogen-bond acceptors (Lipinski definition) is 7. The number of carbonyl (C=O) groups is 3. The summed E-state index contributed by atoms with van der Waals surface area (Å²) < 4.78 is 0. The summed E-state index contributed by atoms with van der Waals surface area (Å²) in [6.45, 7) is 3.65. The van der Waals surface area contributed by atoms with Gasteiger partial charge in [-0.2, -0.15) is 0 Å². The van der Waals surface area contributed by atoms with Gasteiger partial charge in [-0.3, -0.25) is 14.4 Å². The highest BCUT2D eigenvalue weighted by Crippen LogP contribution is 2.26. The van der Waals surface area contributed by atoms with Crippen molar-refractivity contribution in [1.29, 1.82) is 0 Å². The van der Waals surface area contributed by atoms with E-state index in [9.17, 15) is 29.7 Å². The molecule has 1 aromatic rings. The third kappa shape index (κ3) is 5.08. The van der Waals surface area contributed by atoms with Crippen molar-refractivity contribution in [3.8, 4) is 11.5 Å². The van der Waals surface area contributed by atoms with Gasteiger partial charge in [0.05, 0.1) is 0 Å². The summed E-state index contributed by atoms with van der Waals surface area (Å²) in [6.07, 6.45) is -1.04. The molecule has 8 nitrogen and oxygen atoms in total. The van der Waals surface area contributed by atoms with Crippen molar-refractivity contribution in [3.63, 3.8) is 0 Å². The van der Waals surface area contributed by atoms with E-state index in [2.05, 4.69) is 4.99 Å². The molecule has 1 fully saturated rings. The highest BCUT2D eigenvalue weighted by molar-refractivity contribution is 8.13. The number of hydrogen-bond donors (Lipinski definition) is 3. The van der Waals surface area contributed by atoms with E-state index in [4.69, 9.17) is 0 Å². The van der Waals surface area contributed by atoms with Crippen LogP contribution in [0.15, 0.2) is 23.2 Å². The summed E-state index contributed by atoms with van der Waals surface area (Å²) in [4.78, 5) is 41.4. The Hall–Kier alpha value is -2.39. The zero-order valence-electron chi connectivity index (χ0n) is 15.1. The van der Waals surface area contributed by atoms with Crippen LogP contribution in [0.4, 0.5) is 0 Å². The number of nitrogens with zero attached hydrogens (tertiary/aromatic N) is 2. The third-order valence-corrected chi connectivity index (χ3v) is 5.03. The monoisotopic (exact) mass is 394 g/mol. The Bertz CT molecular complexity index is 779. The van der Waals surface area contributed by atoms with Gasteiger partial charge in [-0.1, -0.05) is 24.8 Å². The van der Waals surface area contributed by atoms with Gasteiger partial charge in [0.15, 0.2) is 11.5 Å². The molecule has 1 heterocycles. The van der Waals surface area contributed by atoms with Crippen molar-refractivity contribution >= 4 is 34.4 Å². The maximum atomic E-state index is 12.4. The number of amides is 2. The van der Waals surface area contributed by atoms with Gasteiger partial charge < -0.3 is 20.2 Å². The number of phenols is 2. The van der Waals surface area contributed by atoms with Crippen LogP contribution in [0.25, 0.3) is 0 Å². The molecule has 2 rings (SSSR count). The van der Waals surface area contributed by atoms with Gasteiger partial charge in [-0.25, -0.2) is 4.99 Å². The molecule has 0 radical (unpaired) electrons. The molecule has 0 bridgehead atoms. The van der Waals surface area contributed by atoms with Crippen LogP contribution >= 0.6 is 11.8 Å². The second kappa shape index (κ2) is 9.01. The van der Waals surface area contributed by atoms with Crippen molar-refractivity contribution in [3.05, 3.63) is 23.8 Å². The van der Waals surface area contributed by atoms with Crippen molar-refractivity contribution in [2.24, 2.45) is 4.99 Å². The Labute approximate surface area is 160 Å². The SMILES string of the molecule is CCSC(=O)C1CCN1C(=O)/C(C)=N/C(=O)C(O)Cc1ccc(O)c(O)c1. The molecule has 0 saturated carbocycles. The number of benzene rings is 1. The Balaban J connectivity index is 1.99. The summed E-state index contributed by atoms with van der Waals surface area (Å²) in [7, 11) is 0. The number of rotatable bonds is 6. The lowest BCUT2D eigenvalue weighted by atomic mass is 10.0. The number of thioether (sulfide) groups is 1. The lowest BCUT2D eigenvalue weighted by Gasteiger charge is -2.39. The molecule has 1 aromatic carbocycles. The summed E-state index contributed by atoms with van der Waals surface area (Å²) in [6, 6.07) is 3.44. The summed E-state index contributed by atoms with van der Waals surface area (Å²) in [5.41, 5.74) is 0.335. The maximum absolute atomic E-state index is 12.4. The molecule has 27 heavy (non-hydrogen) atoms. The van der Waals surface area contributed by atoms with Crippen LogP contribution in [-0.4, -0.2) is 67.3 Å². The fourth-order valence-electron chi connectivity index (χ4n) is 2.62. The van der Waals surface area contributed by atoms with Gasteiger partial charge in [0, 0.05) is 13.0 Å². The van der Waals surface area contributed by atoms with E-state index >= 15 is 0 Å². The third-order valence-electron chi connectivity index (χ3n) is 4.18. The summed E-state index contributed by atoms with van der Waals surface area (Å²) >= 11 is 1.15. The highest BCUT2D eigenvalue weighted by atomic mass is 32.2.